The molecule has 3 heterocycles. The molecule has 2 unspecified atom stereocenters. The third kappa shape index (κ3) is 2.60. The average Bonchev–Trinajstić information content (AvgIpc) is 3.42. The molecule has 3 aromatic rings. The number of fused-ring (bicyclic) bond motifs is 3. The molecule has 0 saturated carbocycles. The minimum Gasteiger partial charge on any atom is -0.454 e. The molecule has 0 bridgehead atoms. The SMILES string of the molecule is c1ccc2c(c1)CC(C1CCc3nc(-c4ccc5c(c4)OCO5)sc3C1)N2. The lowest BCUT2D eigenvalue weighted by atomic mass is 9.84. The average molecular weight is 376 g/mol. The Morgan fingerprint density at radius 2 is 1.96 bits per heavy atom. The van der Waals surface area contributed by atoms with Gasteiger partial charge in [0, 0.05) is 22.2 Å². The van der Waals surface area contributed by atoms with Crippen LogP contribution in [0.25, 0.3) is 10.6 Å². The molecule has 1 aromatic heterocycles. The smallest absolute Gasteiger partial charge is 0.231 e. The molecule has 0 spiro atoms. The molecule has 0 amide bonds. The number of nitrogens with one attached hydrogen (secondary N) is 1. The molecule has 2 aromatic carbocycles. The first kappa shape index (κ1) is 15.5. The number of hydrogen-bond acceptors (Lipinski definition) is 5. The first-order valence-electron chi connectivity index (χ1n) is 9.56. The van der Waals surface area contributed by atoms with Crippen molar-refractivity contribution < 1.29 is 9.47 Å². The second-order valence-corrected chi connectivity index (χ2v) is 8.66. The molecule has 0 fully saturated rings. The molecule has 1 aliphatic carbocycles. The van der Waals surface area contributed by atoms with E-state index in [1.807, 2.05) is 17.4 Å². The number of benzene rings is 2. The van der Waals surface area contributed by atoms with Crippen LogP contribution in [0.1, 0.15) is 22.6 Å². The third-order valence-corrected chi connectivity index (χ3v) is 7.13. The second kappa shape index (κ2) is 5.99. The Morgan fingerprint density at radius 1 is 1.04 bits per heavy atom. The zero-order valence-corrected chi connectivity index (χ0v) is 15.7. The molecule has 0 radical (unpaired) electrons. The fraction of sp³-hybridized carbons (Fsp3) is 0.318. The van der Waals surface area contributed by atoms with E-state index in [1.54, 1.807) is 0 Å². The summed E-state index contributed by atoms with van der Waals surface area (Å²) in [6, 6.07) is 15.4. The van der Waals surface area contributed by atoms with E-state index in [0.717, 1.165) is 41.3 Å². The highest BCUT2D eigenvalue weighted by Crippen LogP contribution is 2.41. The van der Waals surface area contributed by atoms with Gasteiger partial charge in [-0.25, -0.2) is 4.98 Å². The van der Waals surface area contributed by atoms with Crippen LogP contribution in [0.4, 0.5) is 5.69 Å². The van der Waals surface area contributed by atoms with Gasteiger partial charge in [-0.3, -0.25) is 0 Å². The van der Waals surface area contributed by atoms with E-state index >= 15 is 0 Å². The van der Waals surface area contributed by atoms with Crippen LogP contribution in [0.5, 0.6) is 11.5 Å². The Kier molecular flexibility index (Phi) is 3.44. The fourth-order valence-electron chi connectivity index (χ4n) is 4.51. The predicted molar refractivity (Wildman–Crippen MR) is 107 cm³/mol. The maximum atomic E-state index is 5.52. The molecular formula is C22H20N2O2S. The summed E-state index contributed by atoms with van der Waals surface area (Å²) in [5, 5.41) is 4.85. The lowest BCUT2D eigenvalue weighted by molar-refractivity contribution is 0.174. The van der Waals surface area contributed by atoms with Gasteiger partial charge in [0.15, 0.2) is 11.5 Å². The summed E-state index contributed by atoms with van der Waals surface area (Å²) in [4.78, 5) is 6.40. The number of aryl methyl sites for hydroxylation is 1. The Balaban J connectivity index is 1.24. The molecule has 4 nitrogen and oxygen atoms in total. The normalized spacial score (nSPS) is 22.2. The number of hydrogen-bond donors (Lipinski definition) is 1. The zero-order valence-electron chi connectivity index (χ0n) is 14.9. The van der Waals surface area contributed by atoms with Crippen molar-refractivity contribution in [2.24, 2.45) is 5.92 Å². The molecular weight excluding hydrogens is 356 g/mol. The van der Waals surface area contributed by atoms with Gasteiger partial charge in [0.1, 0.15) is 5.01 Å². The van der Waals surface area contributed by atoms with Crippen LogP contribution in [-0.2, 0) is 19.3 Å². The fourth-order valence-corrected chi connectivity index (χ4v) is 5.71. The van der Waals surface area contributed by atoms with Crippen molar-refractivity contribution in [3.63, 3.8) is 0 Å². The topological polar surface area (TPSA) is 43.4 Å². The molecule has 27 heavy (non-hydrogen) atoms. The minimum absolute atomic E-state index is 0.311. The van der Waals surface area contributed by atoms with Gasteiger partial charge in [0.25, 0.3) is 0 Å². The highest BCUT2D eigenvalue weighted by atomic mass is 32.1. The highest BCUT2D eigenvalue weighted by molar-refractivity contribution is 7.15. The number of anilines is 1. The highest BCUT2D eigenvalue weighted by Gasteiger charge is 2.32. The number of rotatable bonds is 2. The van der Waals surface area contributed by atoms with Gasteiger partial charge in [0.05, 0.1) is 5.69 Å². The van der Waals surface area contributed by atoms with E-state index in [-0.39, 0.29) is 0 Å². The summed E-state index contributed by atoms with van der Waals surface area (Å²) in [5.41, 5.74) is 5.19. The van der Waals surface area contributed by atoms with E-state index in [0.29, 0.717) is 18.8 Å². The summed E-state index contributed by atoms with van der Waals surface area (Å²) in [6.07, 6.45) is 4.56. The summed E-state index contributed by atoms with van der Waals surface area (Å²) in [6.45, 7) is 0.311. The minimum atomic E-state index is 0.311. The standard InChI is InChI=1S/C22H20N2O2S/c1-2-4-16-13(3-1)9-18(23-16)14-5-7-17-21(11-14)27-22(24-17)15-6-8-19-20(10-15)26-12-25-19/h1-4,6,8,10,14,18,23H,5,7,9,11-12H2. The van der Waals surface area contributed by atoms with Crippen LogP contribution in [-0.4, -0.2) is 17.8 Å². The van der Waals surface area contributed by atoms with Gasteiger partial charge in [-0.05, 0) is 61.4 Å². The third-order valence-electron chi connectivity index (χ3n) is 5.96. The molecule has 0 saturated heterocycles. The van der Waals surface area contributed by atoms with Crippen molar-refractivity contribution >= 4 is 17.0 Å². The van der Waals surface area contributed by atoms with E-state index in [1.165, 1.54) is 28.2 Å². The molecule has 136 valence electrons. The number of aromatic nitrogens is 1. The Labute approximate surface area is 162 Å². The summed E-state index contributed by atoms with van der Waals surface area (Å²) >= 11 is 1.85. The first-order valence-corrected chi connectivity index (χ1v) is 10.4. The molecule has 3 aliphatic rings. The Hall–Kier alpha value is -2.53. The van der Waals surface area contributed by atoms with Crippen LogP contribution in [0.2, 0.25) is 0 Å². The van der Waals surface area contributed by atoms with Crippen molar-refractivity contribution in [3.05, 3.63) is 58.6 Å². The van der Waals surface area contributed by atoms with Crippen LogP contribution in [0, 0.1) is 5.92 Å². The van der Waals surface area contributed by atoms with Crippen LogP contribution in [0.3, 0.4) is 0 Å². The number of nitrogens with zero attached hydrogens (tertiary/aromatic N) is 1. The predicted octanol–water partition coefficient (Wildman–Crippen LogP) is 4.68. The number of thiazole rings is 1. The molecule has 2 aliphatic heterocycles. The zero-order chi connectivity index (χ0) is 17.8. The van der Waals surface area contributed by atoms with Gasteiger partial charge in [-0.1, -0.05) is 18.2 Å². The van der Waals surface area contributed by atoms with Crippen LogP contribution in [0.15, 0.2) is 42.5 Å². The lowest BCUT2D eigenvalue weighted by Gasteiger charge is -2.27. The van der Waals surface area contributed by atoms with Crippen LogP contribution < -0.4 is 14.8 Å². The van der Waals surface area contributed by atoms with E-state index in [4.69, 9.17) is 14.5 Å². The summed E-state index contributed by atoms with van der Waals surface area (Å²) in [5.74, 6) is 2.33. The van der Waals surface area contributed by atoms with Crippen LogP contribution >= 0.6 is 11.3 Å². The molecule has 6 rings (SSSR count). The van der Waals surface area contributed by atoms with Gasteiger partial charge >= 0.3 is 0 Å². The second-order valence-electron chi connectivity index (χ2n) is 7.57. The van der Waals surface area contributed by atoms with E-state index in [9.17, 15) is 0 Å². The summed E-state index contributed by atoms with van der Waals surface area (Å²) < 4.78 is 10.9. The van der Waals surface area contributed by atoms with Gasteiger partial charge < -0.3 is 14.8 Å². The van der Waals surface area contributed by atoms with Crippen molar-refractivity contribution in [1.82, 2.24) is 4.98 Å². The van der Waals surface area contributed by atoms with E-state index in [2.05, 4.69) is 41.7 Å². The first-order chi connectivity index (χ1) is 13.3. The Morgan fingerprint density at radius 3 is 2.93 bits per heavy atom. The van der Waals surface area contributed by atoms with Gasteiger partial charge in [-0.2, -0.15) is 0 Å². The molecule has 2 atom stereocenters. The lowest BCUT2D eigenvalue weighted by Crippen LogP contribution is -2.31. The Bertz CT molecular complexity index is 1000. The number of para-hydroxylation sites is 1. The van der Waals surface area contributed by atoms with E-state index < -0.39 is 0 Å². The molecule has 1 N–H and O–H groups in total. The maximum Gasteiger partial charge on any atom is 0.231 e. The van der Waals surface area contributed by atoms with Crippen molar-refractivity contribution in [2.75, 3.05) is 12.1 Å². The van der Waals surface area contributed by atoms with Gasteiger partial charge in [0.2, 0.25) is 6.79 Å². The quantitative estimate of drug-likeness (QED) is 0.705. The largest absolute Gasteiger partial charge is 0.454 e. The van der Waals surface area contributed by atoms with Crippen molar-refractivity contribution in [1.29, 1.82) is 0 Å². The molecule has 5 heteroatoms. The maximum absolute atomic E-state index is 5.52. The van der Waals surface area contributed by atoms with Gasteiger partial charge in [-0.15, -0.1) is 11.3 Å². The van der Waals surface area contributed by atoms with Crippen molar-refractivity contribution in [2.45, 2.75) is 31.7 Å². The monoisotopic (exact) mass is 376 g/mol. The number of ether oxygens (including phenoxy) is 2. The van der Waals surface area contributed by atoms with Crippen molar-refractivity contribution in [3.8, 4) is 22.1 Å². The summed E-state index contributed by atoms with van der Waals surface area (Å²) in [7, 11) is 0.